The van der Waals surface area contributed by atoms with Gasteiger partial charge in [-0.2, -0.15) is 0 Å². The summed E-state index contributed by atoms with van der Waals surface area (Å²) >= 11 is 0. The molecule has 1 N–H and O–H groups in total. The van der Waals surface area contributed by atoms with E-state index in [0.717, 1.165) is 27.2 Å². The zero-order valence-electron chi connectivity index (χ0n) is 20.4. The van der Waals surface area contributed by atoms with Crippen LogP contribution in [-0.2, 0) is 16.6 Å². The summed E-state index contributed by atoms with van der Waals surface area (Å²) in [5.41, 5.74) is 2.76. The molecule has 182 valence electrons. The lowest BCUT2D eigenvalue weighted by Gasteiger charge is -2.25. The summed E-state index contributed by atoms with van der Waals surface area (Å²) in [4.78, 5) is 28.6. The summed E-state index contributed by atoms with van der Waals surface area (Å²) in [5, 5.41) is 14.4. The summed E-state index contributed by atoms with van der Waals surface area (Å²) in [7, 11) is 3.47. The van der Waals surface area contributed by atoms with E-state index in [2.05, 4.69) is 0 Å². The Hall–Kier alpha value is -4.84. The first-order valence-corrected chi connectivity index (χ1v) is 12.0. The molecule has 37 heavy (non-hydrogen) atoms. The molecule has 0 spiro atoms. The molecule has 1 fully saturated rings. The number of aliphatic hydroxyl groups excluding tert-OH is 1. The van der Waals surface area contributed by atoms with Crippen molar-refractivity contribution in [3.63, 3.8) is 0 Å². The van der Waals surface area contributed by atoms with Crippen LogP contribution >= 0.6 is 0 Å². The minimum atomic E-state index is -0.829. The van der Waals surface area contributed by atoms with Crippen LogP contribution in [0, 0.1) is 0 Å². The number of hydrogen-bond donors (Lipinski definition) is 1. The minimum Gasteiger partial charge on any atom is -0.507 e. The van der Waals surface area contributed by atoms with Gasteiger partial charge in [-0.3, -0.25) is 14.5 Å². The fourth-order valence-electron chi connectivity index (χ4n) is 5.24. The highest BCUT2D eigenvalue weighted by atomic mass is 16.5. The predicted molar refractivity (Wildman–Crippen MR) is 145 cm³/mol. The first-order chi connectivity index (χ1) is 18.0. The van der Waals surface area contributed by atoms with Crippen LogP contribution in [0.25, 0.3) is 27.4 Å². The summed E-state index contributed by atoms with van der Waals surface area (Å²) in [6.07, 6.45) is 1.92. The standard InChI is InChI=1S/C31H24N2O4/c1-32-18-25(24-12-5-6-13-26(24)32)28-27(29(34)21-15-14-19-8-3-4-9-20(19)16-21)30(35)31(36)33(28)22-10-7-11-23(17-22)37-2/h3-18,28,34H,1-2H3/b29-27+. The van der Waals surface area contributed by atoms with Crippen molar-refractivity contribution in [3.05, 3.63) is 114 Å². The molecule has 0 bridgehead atoms. The Morgan fingerprint density at radius 1 is 0.865 bits per heavy atom. The second-order valence-corrected chi connectivity index (χ2v) is 9.15. The summed E-state index contributed by atoms with van der Waals surface area (Å²) < 4.78 is 7.35. The van der Waals surface area contributed by atoms with Gasteiger partial charge in [0.2, 0.25) is 0 Å². The van der Waals surface area contributed by atoms with E-state index in [1.54, 1.807) is 37.4 Å². The van der Waals surface area contributed by atoms with Crippen LogP contribution in [-0.4, -0.2) is 28.5 Å². The molecule has 1 aliphatic rings. The molecule has 0 radical (unpaired) electrons. The van der Waals surface area contributed by atoms with Gasteiger partial charge in [0.15, 0.2) is 0 Å². The largest absolute Gasteiger partial charge is 0.507 e. The maximum atomic E-state index is 13.6. The molecule has 2 heterocycles. The quantitative estimate of drug-likeness (QED) is 0.192. The zero-order valence-corrected chi connectivity index (χ0v) is 20.4. The topological polar surface area (TPSA) is 71.8 Å². The number of aryl methyl sites for hydroxylation is 1. The van der Waals surface area contributed by atoms with E-state index in [1.807, 2.05) is 78.5 Å². The Labute approximate surface area is 213 Å². The molecule has 1 aromatic heterocycles. The van der Waals surface area contributed by atoms with Crippen LogP contribution in [0.15, 0.2) is 103 Å². The van der Waals surface area contributed by atoms with Crippen molar-refractivity contribution >= 4 is 44.8 Å². The van der Waals surface area contributed by atoms with Gasteiger partial charge in [-0.25, -0.2) is 0 Å². The van der Waals surface area contributed by atoms with Crippen LogP contribution in [0.5, 0.6) is 5.75 Å². The highest BCUT2D eigenvalue weighted by Crippen LogP contribution is 2.45. The minimum absolute atomic E-state index is 0.0551. The number of fused-ring (bicyclic) bond motifs is 2. The van der Waals surface area contributed by atoms with E-state index in [-0.39, 0.29) is 11.3 Å². The molecule has 0 aliphatic carbocycles. The van der Waals surface area contributed by atoms with E-state index < -0.39 is 17.7 Å². The molecule has 1 saturated heterocycles. The lowest BCUT2D eigenvalue weighted by molar-refractivity contribution is -0.132. The van der Waals surface area contributed by atoms with Gasteiger partial charge in [-0.15, -0.1) is 0 Å². The molecule has 6 nitrogen and oxygen atoms in total. The molecule has 6 rings (SSSR count). The molecule has 4 aromatic carbocycles. The van der Waals surface area contributed by atoms with Gasteiger partial charge in [0, 0.05) is 47.0 Å². The van der Waals surface area contributed by atoms with Crippen molar-refractivity contribution in [2.45, 2.75) is 6.04 Å². The monoisotopic (exact) mass is 488 g/mol. The smallest absolute Gasteiger partial charge is 0.300 e. The fourth-order valence-corrected chi connectivity index (χ4v) is 5.24. The van der Waals surface area contributed by atoms with Crippen molar-refractivity contribution in [3.8, 4) is 5.75 Å². The lowest BCUT2D eigenvalue weighted by Crippen LogP contribution is -2.29. The van der Waals surface area contributed by atoms with E-state index >= 15 is 0 Å². The Kier molecular flexibility index (Phi) is 5.30. The summed E-state index contributed by atoms with van der Waals surface area (Å²) in [5.74, 6) is -1.07. The van der Waals surface area contributed by atoms with Crippen LogP contribution < -0.4 is 9.64 Å². The van der Waals surface area contributed by atoms with Gasteiger partial charge in [0.05, 0.1) is 18.7 Å². The maximum absolute atomic E-state index is 13.6. The number of carbonyl (C=O) groups excluding carboxylic acids is 2. The molecule has 5 aromatic rings. The first-order valence-electron chi connectivity index (χ1n) is 12.0. The number of para-hydroxylation sites is 1. The number of amides is 1. The first kappa shape index (κ1) is 22.6. The number of Topliss-reactive ketones (excluding diaryl/α,β-unsaturated/α-hetero) is 1. The molecule has 1 atom stereocenters. The zero-order chi connectivity index (χ0) is 25.7. The molecule has 1 aliphatic heterocycles. The van der Waals surface area contributed by atoms with E-state index in [0.29, 0.717) is 17.0 Å². The Morgan fingerprint density at radius 2 is 1.62 bits per heavy atom. The predicted octanol–water partition coefficient (Wildman–Crippen LogP) is 5.97. The Balaban J connectivity index is 1.63. The van der Waals surface area contributed by atoms with E-state index in [4.69, 9.17) is 4.74 Å². The van der Waals surface area contributed by atoms with Gasteiger partial charge >= 0.3 is 0 Å². The molecule has 0 saturated carbocycles. The van der Waals surface area contributed by atoms with Crippen molar-refractivity contribution < 1.29 is 19.4 Å². The number of benzene rings is 4. The van der Waals surface area contributed by atoms with Crippen molar-refractivity contribution in [2.75, 3.05) is 12.0 Å². The van der Waals surface area contributed by atoms with Crippen molar-refractivity contribution in [1.82, 2.24) is 4.57 Å². The molecule has 6 heteroatoms. The second-order valence-electron chi connectivity index (χ2n) is 9.15. The number of hydrogen-bond acceptors (Lipinski definition) is 4. The molecular weight excluding hydrogens is 464 g/mol. The van der Waals surface area contributed by atoms with Crippen molar-refractivity contribution in [1.29, 1.82) is 0 Å². The highest BCUT2D eigenvalue weighted by Gasteiger charge is 2.48. The van der Waals surface area contributed by atoms with Crippen LogP contribution in [0.2, 0.25) is 0 Å². The van der Waals surface area contributed by atoms with Gasteiger partial charge in [0.25, 0.3) is 11.7 Å². The fraction of sp³-hybridized carbons (Fsp3) is 0.0968. The van der Waals surface area contributed by atoms with Crippen LogP contribution in [0.4, 0.5) is 5.69 Å². The summed E-state index contributed by atoms with van der Waals surface area (Å²) in [6.45, 7) is 0. The Morgan fingerprint density at radius 3 is 2.43 bits per heavy atom. The van der Waals surface area contributed by atoms with Crippen molar-refractivity contribution in [2.24, 2.45) is 7.05 Å². The number of aromatic nitrogens is 1. The summed E-state index contributed by atoms with van der Waals surface area (Å²) in [6, 6.07) is 27.3. The van der Waals surface area contributed by atoms with Crippen LogP contribution in [0.1, 0.15) is 17.2 Å². The van der Waals surface area contributed by atoms with Gasteiger partial charge < -0.3 is 14.4 Å². The number of ketones is 1. The number of anilines is 1. The molecule has 1 amide bonds. The van der Waals surface area contributed by atoms with Gasteiger partial charge in [0.1, 0.15) is 11.5 Å². The molecule has 1 unspecified atom stereocenters. The average molecular weight is 489 g/mol. The normalized spacial score (nSPS) is 17.1. The Bertz CT molecular complexity index is 1750. The second kappa shape index (κ2) is 8.68. The molecular formula is C31H24N2O4. The third-order valence-electron chi connectivity index (χ3n) is 7.02. The van der Waals surface area contributed by atoms with Crippen LogP contribution in [0.3, 0.4) is 0 Å². The van der Waals surface area contributed by atoms with E-state index in [1.165, 1.54) is 4.90 Å². The van der Waals surface area contributed by atoms with E-state index in [9.17, 15) is 14.7 Å². The number of ether oxygens (including phenoxy) is 1. The number of rotatable bonds is 4. The average Bonchev–Trinajstić information content (AvgIpc) is 3.41. The number of nitrogens with zero attached hydrogens (tertiary/aromatic N) is 2. The van der Waals surface area contributed by atoms with Gasteiger partial charge in [-0.05, 0) is 35.0 Å². The lowest BCUT2D eigenvalue weighted by atomic mass is 9.94. The number of carbonyl (C=O) groups is 2. The third kappa shape index (κ3) is 3.57. The number of aliphatic hydroxyl groups is 1. The highest BCUT2D eigenvalue weighted by molar-refractivity contribution is 6.52. The SMILES string of the molecule is COc1cccc(N2C(=O)C(=O)/C(=C(/O)c3ccc4ccccc4c3)C2c2cn(C)c3ccccc23)c1. The third-order valence-corrected chi connectivity index (χ3v) is 7.02. The number of methoxy groups -OCH3 is 1. The maximum Gasteiger partial charge on any atom is 0.300 e. The van der Waals surface area contributed by atoms with Gasteiger partial charge in [-0.1, -0.05) is 60.7 Å².